The fourth-order valence-electron chi connectivity index (χ4n) is 2.23. The summed E-state index contributed by atoms with van der Waals surface area (Å²) in [5.41, 5.74) is 1.80. The van der Waals surface area contributed by atoms with Crippen LogP contribution in [-0.2, 0) is 4.79 Å². The second-order valence-electron chi connectivity index (χ2n) is 5.73. The zero-order valence-corrected chi connectivity index (χ0v) is 14.2. The summed E-state index contributed by atoms with van der Waals surface area (Å²) in [5, 5.41) is 2.73. The Morgan fingerprint density at radius 1 is 0.846 bits per heavy atom. The van der Waals surface area contributed by atoms with E-state index in [1.807, 2.05) is 31.2 Å². The van der Waals surface area contributed by atoms with Gasteiger partial charge in [-0.1, -0.05) is 17.7 Å². The highest BCUT2D eigenvalue weighted by Gasteiger charge is 2.05. The van der Waals surface area contributed by atoms with E-state index < -0.39 is 0 Å². The van der Waals surface area contributed by atoms with E-state index in [4.69, 9.17) is 9.47 Å². The highest BCUT2D eigenvalue weighted by Crippen LogP contribution is 2.23. The van der Waals surface area contributed by atoms with Crippen LogP contribution in [0.15, 0.2) is 72.8 Å². The molecular formula is C21H18FNO3. The second kappa shape index (κ2) is 8.16. The molecule has 0 spiro atoms. The maximum Gasteiger partial charge on any atom is 0.262 e. The van der Waals surface area contributed by atoms with Gasteiger partial charge in [0.15, 0.2) is 6.61 Å². The Balaban J connectivity index is 1.50. The molecule has 0 aliphatic heterocycles. The molecule has 0 unspecified atom stereocenters. The monoisotopic (exact) mass is 351 g/mol. The third kappa shape index (κ3) is 5.08. The maximum absolute atomic E-state index is 12.8. The summed E-state index contributed by atoms with van der Waals surface area (Å²) in [6, 6.07) is 20.3. The number of halogens is 1. The standard InChI is InChI=1S/C21H18FNO3/c1-15-2-8-19(9-3-15)26-20-12-6-17(7-13-20)23-21(24)14-25-18-10-4-16(22)5-11-18/h2-13H,14H2,1H3,(H,23,24). The van der Waals surface area contributed by atoms with Crippen LogP contribution in [0.25, 0.3) is 0 Å². The maximum atomic E-state index is 12.8. The molecule has 1 N–H and O–H groups in total. The van der Waals surface area contributed by atoms with Gasteiger partial charge in [-0.05, 0) is 67.6 Å². The molecule has 0 fully saturated rings. The minimum absolute atomic E-state index is 0.159. The van der Waals surface area contributed by atoms with E-state index >= 15 is 0 Å². The van der Waals surface area contributed by atoms with Gasteiger partial charge in [0.2, 0.25) is 0 Å². The summed E-state index contributed by atoms with van der Waals surface area (Å²) >= 11 is 0. The SMILES string of the molecule is Cc1ccc(Oc2ccc(NC(=O)COc3ccc(F)cc3)cc2)cc1. The summed E-state index contributed by atoms with van der Waals surface area (Å²) in [7, 11) is 0. The van der Waals surface area contributed by atoms with Crippen molar-refractivity contribution in [3.8, 4) is 17.2 Å². The number of hydrogen-bond donors (Lipinski definition) is 1. The lowest BCUT2D eigenvalue weighted by Crippen LogP contribution is -2.20. The van der Waals surface area contributed by atoms with Crippen LogP contribution in [0.5, 0.6) is 17.2 Å². The molecule has 0 saturated carbocycles. The summed E-state index contributed by atoms with van der Waals surface area (Å²) in [5.74, 6) is 1.20. The van der Waals surface area contributed by atoms with Crippen LogP contribution in [0, 0.1) is 12.7 Å². The van der Waals surface area contributed by atoms with Crippen LogP contribution in [0.4, 0.5) is 10.1 Å². The minimum atomic E-state index is -0.352. The normalized spacial score (nSPS) is 10.2. The van der Waals surface area contributed by atoms with Crippen LogP contribution in [0.1, 0.15) is 5.56 Å². The predicted octanol–water partition coefficient (Wildman–Crippen LogP) is 4.94. The highest BCUT2D eigenvalue weighted by molar-refractivity contribution is 5.91. The van der Waals surface area contributed by atoms with Gasteiger partial charge in [0.05, 0.1) is 0 Å². The van der Waals surface area contributed by atoms with Crippen LogP contribution in [-0.4, -0.2) is 12.5 Å². The Bertz CT molecular complexity index is 859. The number of carbonyl (C=O) groups excluding carboxylic acids is 1. The summed E-state index contributed by atoms with van der Waals surface area (Å²) < 4.78 is 23.9. The van der Waals surface area contributed by atoms with E-state index in [1.54, 1.807) is 24.3 Å². The second-order valence-corrected chi connectivity index (χ2v) is 5.73. The average molecular weight is 351 g/mol. The van der Waals surface area contributed by atoms with Crippen LogP contribution >= 0.6 is 0 Å². The number of benzene rings is 3. The molecule has 0 saturated heterocycles. The number of ether oxygens (including phenoxy) is 2. The van der Waals surface area contributed by atoms with Gasteiger partial charge in [-0.15, -0.1) is 0 Å². The van der Waals surface area contributed by atoms with E-state index in [2.05, 4.69) is 5.32 Å². The molecule has 0 bridgehead atoms. The number of anilines is 1. The molecule has 0 radical (unpaired) electrons. The molecule has 26 heavy (non-hydrogen) atoms. The topological polar surface area (TPSA) is 47.6 Å². The molecule has 3 aromatic rings. The smallest absolute Gasteiger partial charge is 0.262 e. The molecule has 0 atom stereocenters. The molecule has 0 aromatic heterocycles. The van der Waals surface area contributed by atoms with E-state index in [0.29, 0.717) is 17.2 Å². The molecule has 0 aliphatic carbocycles. The van der Waals surface area contributed by atoms with Gasteiger partial charge in [-0.3, -0.25) is 4.79 Å². The molecule has 0 heterocycles. The van der Waals surface area contributed by atoms with Gasteiger partial charge in [0.1, 0.15) is 23.1 Å². The zero-order valence-electron chi connectivity index (χ0n) is 14.2. The number of hydrogen-bond acceptors (Lipinski definition) is 3. The van der Waals surface area contributed by atoms with Gasteiger partial charge < -0.3 is 14.8 Å². The first-order chi connectivity index (χ1) is 12.6. The lowest BCUT2D eigenvalue weighted by molar-refractivity contribution is -0.118. The van der Waals surface area contributed by atoms with Crippen molar-refractivity contribution >= 4 is 11.6 Å². The van der Waals surface area contributed by atoms with Crippen molar-refractivity contribution in [2.45, 2.75) is 6.92 Å². The van der Waals surface area contributed by atoms with Crippen molar-refractivity contribution in [2.24, 2.45) is 0 Å². The van der Waals surface area contributed by atoms with Crippen molar-refractivity contribution in [3.63, 3.8) is 0 Å². The lowest BCUT2D eigenvalue weighted by Gasteiger charge is -2.09. The van der Waals surface area contributed by atoms with E-state index in [0.717, 1.165) is 5.75 Å². The number of aryl methyl sites for hydroxylation is 1. The number of carbonyl (C=O) groups is 1. The average Bonchev–Trinajstić information content (AvgIpc) is 2.65. The van der Waals surface area contributed by atoms with Gasteiger partial charge in [0.25, 0.3) is 5.91 Å². The summed E-state index contributed by atoms with van der Waals surface area (Å²) in [6.45, 7) is 1.86. The van der Waals surface area contributed by atoms with Gasteiger partial charge in [-0.2, -0.15) is 0 Å². The van der Waals surface area contributed by atoms with E-state index in [9.17, 15) is 9.18 Å². The first kappa shape index (κ1) is 17.5. The zero-order chi connectivity index (χ0) is 18.4. The summed E-state index contributed by atoms with van der Waals surface area (Å²) in [4.78, 5) is 11.9. The molecule has 0 aliphatic rings. The third-order valence-electron chi connectivity index (χ3n) is 3.58. The fourth-order valence-corrected chi connectivity index (χ4v) is 2.23. The van der Waals surface area contributed by atoms with Gasteiger partial charge in [-0.25, -0.2) is 4.39 Å². The van der Waals surface area contributed by atoms with Crippen molar-refractivity contribution in [3.05, 3.63) is 84.2 Å². The molecule has 3 rings (SSSR count). The molecule has 5 heteroatoms. The largest absolute Gasteiger partial charge is 0.484 e. The Labute approximate surface area is 151 Å². The molecular weight excluding hydrogens is 333 g/mol. The Morgan fingerprint density at radius 2 is 1.38 bits per heavy atom. The van der Waals surface area contributed by atoms with Crippen molar-refractivity contribution < 1.29 is 18.7 Å². The van der Waals surface area contributed by atoms with Crippen molar-refractivity contribution in [1.29, 1.82) is 0 Å². The molecule has 4 nitrogen and oxygen atoms in total. The van der Waals surface area contributed by atoms with Crippen molar-refractivity contribution in [2.75, 3.05) is 11.9 Å². The molecule has 132 valence electrons. The Kier molecular flexibility index (Phi) is 5.49. The van der Waals surface area contributed by atoms with Gasteiger partial charge >= 0.3 is 0 Å². The Hall–Kier alpha value is -3.34. The summed E-state index contributed by atoms with van der Waals surface area (Å²) in [6.07, 6.45) is 0. The third-order valence-corrected chi connectivity index (χ3v) is 3.58. The molecule has 3 aromatic carbocycles. The fraction of sp³-hybridized carbons (Fsp3) is 0.0952. The lowest BCUT2D eigenvalue weighted by atomic mass is 10.2. The van der Waals surface area contributed by atoms with Crippen molar-refractivity contribution in [1.82, 2.24) is 0 Å². The number of nitrogens with one attached hydrogen (secondary N) is 1. The minimum Gasteiger partial charge on any atom is -0.484 e. The van der Waals surface area contributed by atoms with Crippen LogP contribution < -0.4 is 14.8 Å². The Morgan fingerprint density at radius 3 is 2.00 bits per heavy atom. The predicted molar refractivity (Wildman–Crippen MR) is 98.2 cm³/mol. The molecule has 1 amide bonds. The first-order valence-electron chi connectivity index (χ1n) is 8.11. The van der Waals surface area contributed by atoms with E-state index in [-0.39, 0.29) is 18.3 Å². The van der Waals surface area contributed by atoms with Gasteiger partial charge in [0, 0.05) is 5.69 Å². The van der Waals surface area contributed by atoms with Crippen LogP contribution in [0.2, 0.25) is 0 Å². The van der Waals surface area contributed by atoms with E-state index in [1.165, 1.54) is 29.8 Å². The first-order valence-corrected chi connectivity index (χ1v) is 8.11. The quantitative estimate of drug-likeness (QED) is 0.684. The highest BCUT2D eigenvalue weighted by atomic mass is 19.1. The van der Waals surface area contributed by atoms with Crippen LogP contribution in [0.3, 0.4) is 0 Å². The number of rotatable bonds is 6. The number of amides is 1.